The van der Waals surface area contributed by atoms with E-state index in [0.29, 0.717) is 7.05 Å². The van der Waals surface area contributed by atoms with Crippen LogP contribution < -0.4 is 0 Å². The molecule has 0 atom stereocenters. The van der Waals surface area contributed by atoms with Crippen LogP contribution in [0.2, 0.25) is 6.32 Å². The molecule has 1 saturated carbocycles. The first-order valence-electron chi connectivity index (χ1n) is 6.79. The van der Waals surface area contributed by atoms with Crippen molar-refractivity contribution in [3.8, 4) is 0 Å². The van der Waals surface area contributed by atoms with Gasteiger partial charge in [0.2, 0.25) is 0 Å². The van der Waals surface area contributed by atoms with E-state index in [4.69, 9.17) is 4.65 Å². The normalized spacial score (nSPS) is 25.8. The van der Waals surface area contributed by atoms with Gasteiger partial charge in [-0.25, -0.2) is 0 Å². The van der Waals surface area contributed by atoms with Gasteiger partial charge in [0.05, 0.1) is 0 Å². The minimum Gasteiger partial charge on any atom is -0.421 e. The Kier molecular flexibility index (Phi) is 4.51. The molecule has 2 aliphatic rings. The molecule has 2 fully saturated rings. The third-order valence-corrected chi connectivity index (χ3v) is 3.82. The van der Waals surface area contributed by atoms with Gasteiger partial charge in [-0.2, -0.15) is 0 Å². The molecule has 0 unspecified atom stereocenters. The first-order valence-corrected chi connectivity index (χ1v) is 6.79. The lowest BCUT2D eigenvalue weighted by Gasteiger charge is -2.40. The van der Waals surface area contributed by atoms with Gasteiger partial charge in [0.15, 0.2) is 0 Å². The Morgan fingerprint density at radius 3 is 2.73 bits per heavy atom. The van der Waals surface area contributed by atoms with Crippen LogP contribution in [0.5, 0.6) is 0 Å². The second-order valence-electron chi connectivity index (χ2n) is 5.00. The van der Waals surface area contributed by atoms with Crippen molar-refractivity contribution in [2.75, 3.05) is 13.2 Å². The summed E-state index contributed by atoms with van der Waals surface area (Å²) in [7, 11) is 0.437. The molecule has 86 valence electrons. The predicted molar refractivity (Wildman–Crippen MR) is 65.0 cm³/mol. The summed E-state index contributed by atoms with van der Waals surface area (Å²) in [6.45, 7) is 4.51. The molecule has 1 heterocycles. The van der Waals surface area contributed by atoms with Crippen molar-refractivity contribution < 1.29 is 4.65 Å². The van der Waals surface area contributed by atoms with Crippen molar-refractivity contribution >= 4 is 7.05 Å². The fourth-order valence-electron chi connectivity index (χ4n) is 3.03. The van der Waals surface area contributed by atoms with E-state index in [1.54, 1.807) is 0 Å². The molecule has 0 amide bonds. The van der Waals surface area contributed by atoms with Crippen LogP contribution in [0.1, 0.15) is 51.9 Å². The molecule has 3 heteroatoms. The van der Waals surface area contributed by atoms with Gasteiger partial charge in [-0.05, 0) is 32.1 Å². The maximum absolute atomic E-state index is 5.91. The van der Waals surface area contributed by atoms with Gasteiger partial charge in [-0.3, -0.25) is 0 Å². The van der Waals surface area contributed by atoms with Crippen LogP contribution in [0.3, 0.4) is 0 Å². The summed E-state index contributed by atoms with van der Waals surface area (Å²) in [5.41, 5.74) is 0. The minimum atomic E-state index is 0.437. The van der Waals surface area contributed by atoms with Gasteiger partial charge >= 0.3 is 7.05 Å². The molecule has 0 bridgehead atoms. The van der Waals surface area contributed by atoms with Crippen LogP contribution in [0.4, 0.5) is 0 Å². The highest BCUT2D eigenvalue weighted by Crippen LogP contribution is 2.26. The Labute approximate surface area is 94.5 Å². The van der Waals surface area contributed by atoms with Crippen LogP contribution in [-0.4, -0.2) is 31.1 Å². The highest BCUT2D eigenvalue weighted by molar-refractivity contribution is 6.48. The molecule has 0 aromatic carbocycles. The number of rotatable bonds is 3. The quantitative estimate of drug-likeness (QED) is 0.662. The third-order valence-electron chi connectivity index (χ3n) is 3.82. The van der Waals surface area contributed by atoms with Gasteiger partial charge in [-0.1, -0.05) is 32.6 Å². The van der Waals surface area contributed by atoms with Crippen molar-refractivity contribution in [3.63, 3.8) is 0 Å². The second kappa shape index (κ2) is 5.90. The average Bonchev–Trinajstić information content (AvgIpc) is 2.31. The summed E-state index contributed by atoms with van der Waals surface area (Å²) in [6, 6.07) is 0.829. The molecular formula is C12H24BNO. The molecule has 15 heavy (non-hydrogen) atoms. The van der Waals surface area contributed by atoms with Crippen molar-refractivity contribution in [1.29, 1.82) is 0 Å². The molecule has 0 aromatic rings. The lowest BCUT2D eigenvalue weighted by Crippen LogP contribution is -2.52. The fourth-order valence-corrected chi connectivity index (χ4v) is 3.03. The zero-order valence-corrected chi connectivity index (χ0v) is 10.1. The average molecular weight is 209 g/mol. The summed E-state index contributed by atoms with van der Waals surface area (Å²) in [5.74, 6) is 0. The zero-order chi connectivity index (χ0) is 10.5. The molecule has 2 rings (SSSR count). The van der Waals surface area contributed by atoms with Crippen LogP contribution in [-0.2, 0) is 4.65 Å². The third kappa shape index (κ3) is 2.98. The lowest BCUT2D eigenvalue weighted by molar-refractivity contribution is 0.147. The van der Waals surface area contributed by atoms with Crippen LogP contribution in [0, 0.1) is 0 Å². The standard InChI is InChI=1S/C12H24BNO/c1-2-9-13-14(10-6-11-15-13)12-7-4-3-5-8-12/h12H,2-11H2,1H3. The Morgan fingerprint density at radius 1 is 1.20 bits per heavy atom. The zero-order valence-electron chi connectivity index (χ0n) is 10.1. The van der Waals surface area contributed by atoms with Crippen molar-refractivity contribution in [3.05, 3.63) is 0 Å². The van der Waals surface area contributed by atoms with E-state index in [2.05, 4.69) is 11.7 Å². The monoisotopic (exact) mass is 209 g/mol. The molecule has 1 aliphatic carbocycles. The van der Waals surface area contributed by atoms with Crippen LogP contribution >= 0.6 is 0 Å². The Morgan fingerprint density at radius 2 is 2.00 bits per heavy atom. The predicted octanol–water partition coefficient (Wildman–Crippen LogP) is 2.94. The Bertz CT molecular complexity index is 170. The molecule has 2 nitrogen and oxygen atoms in total. The summed E-state index contributed by atoms with van der Waals surface area (Å²) < 4.78 is 5.91. The Balaban J connectivity index is 1.90. The van der Waals surface area contributed by atoms with Gasteiger partial charge in [0.25, 0.3) is 0 Å². The molecule has 0 spiro atoms. The SMILES string of the molecule is CCCB1OCCCN1C1CCCCC1. The summed E-state index contributed by atoms with van der Waals surface area (Å²) in [6.07, 6.45) is 10.8. The van der Waals surface area contributed by atoms with E-state index in [1.165, 1.54) is 57.8 Å². The lowest BCUT2D eigenvalue weighted by atomic mass is 9.70. The molecule has 0 radical (unpaired) electrons. The molecule has 1 saturated heterocycles. The first kappa shape index (κ1) is 11.5. The fraction of sp³-hybridized carbons (Fsp3) is 1.00. The highest BCUT2D eigenvalue weighted by atomic mass is 16.4. The molecular weight excluding hydrogens is 185 g/mol. The van der Waals surface area contributed by atoms with E-state index < -0.39 is 0 Å². The van der Waals surface area contributed by atoms with Crippen molar-refractivity contribution in [2.24, 2.45) is 0 Å². The second-order valence-corrected chi connectivity index (χ2v) is 5.00. The molecule has 1 aliphatic heterocycles. The van der Waals surface area contributed by atoms with Gasteiger partial charge in [0, 0.05) is 12.6 Å². The first-order chi connectivity index (χ1) is 7.42. The maximum Gasteiger partial charge on any atom is 0.382 e. The van der Waals surface area contributed by atoms with Gasteiger partial charge < -0.3 is 9.47 Å². The Hall–Kier alpha value is -0.0151. The number of hydrogen-bond donors (Lipinski definition) is 0. The largest absolute Gasteiger partial charge is 0.421 e. The smallest absolute Gasteiger partial charge is 0.382 e. The van der Waals surface area contributed by atoms with E-state index in [9.17, 15) is 0 Å². The van der Waals surface area contributed by atoms with Crippen molar-refractivity contribution in [2.45, 2.75) is 64.2 Å². The van der Waals surface area contributed by atoms with Crippen LogP contribution in [0.25, 0.3) is 0 Å². The number of hydrogen-bond acceptors (Lipinski definition) is 2. The summed E-state index contributed by atoms with van der Waals surface area (Å²) >= 11 is 0. The van der Waals surface area contributed by atoms with Crippen LogP contribution in [0.15, 0.2) is 0 Å². The number of nitrogens with zero attached hydrogens (tertiary/aromatic N) is 1. The van der Waals surface area contributed by atoms with E-state index in [0.717, 1.165) is 12.6 Å². The maximum atomic E-state index is 5.91. The molecule has 0 N–H and O–H groups in total. The van der Waals surface area contributed by atoms with Gasteiger partial charge in [-0.15, -0.1) is 0 Å². The summed E-state index contributed by atoms with van der Waals surface area (Å²) in [4.78, 5) is 2.66. The molecule has 0 aromatic heterocycles. The summed E-state index contributed by atoms with van der Waals surface area (Å²) in [5, 5.41) is 0. The van der Waals surface area contributed by atoms with E-state index >= 15 is 0 Å². The van der Waals surface area contributed by atoms with E-state index in [-0.39, 0.29) is 0 Å². The highest BCUT2D eigenvalue weighted by Gasteiger charge is 2.33. The topological polar surface area (TPSA) is 12.5 Å². The van der Waals surface area contributed by atoms with Gasteiger partial charge in [0.1, 0.15) is 0 Å². The minimum absolute atomic E-state index is 0.437. The van der Waals surface area contributed by atoms with Crippen molar-refractivity contribution in [1.82, 2.24) is 4.81 Å². The van der Waals surface area contributed by atoms with E-state index in [1.807, 2.05) is 0 Å².